The maximum absolute atomic E-state index is 12.6. The summed E-state index contributed by atoms with van der Waals surface area (Å²) >= 11 is 0. The number of hydrogen-bond donors (Lipinski definition) is 0. The molecule has 4 aromatic carbocycles. The van der Waals surface area contributed by atoms with E-state index in [1.54, 1.807) is 48.5 Å². The summed E-state index contributed by atoms with van der Waals surface area (Å²) in [5.74, 6) is -0.128. The molecule has 1 aliphatic rings. The van der Waals surface area contributed by atoms with Gasteiger partial charge in [-0.3, -0.25) is 14.4 Å². The first kappa shape index (κ1) is 24.0. The minimum absolute atomic E-state index is 0.000463. The van der Waals surface area contributed by atoms with Gasteiger partial charge in [-0.05, 0) is 19.4 Å². The van der Waals surface area contributed by atoms with Crippen LogP contribution in [0, 0.1) is 0 Å². The second-order valence-corrected chi connectivity index (χ2v) is 8.46. The maximum Gasteiger partial charge on any atom is 0.196 e. The predicted molar refractivity (Wildman–Crippen MR) is 136 cm³/mol. The molecule has 1 unspecified atom stereocenters. The van der Waals surface area contributed by atoms with Crippen LogP contribution in [0.1, 0.15) is 67.7 Å². The molecule has 0 aromatic heterocycles. The van der Waals surface area contributed by atoms with Crippen molar-refractivity contribution >= 4 is 17.3 Å². The van der Waals surface area contributed by atoms with Gasteiger partial charge in [-0.1, -0.05) is 109 Å². The number of benzene rings is 4. The van der Waals surface area contributed by atoms with Crippen LogP contribution in [0.5, 0.6) is 0 Å². The van der Waals surface area contributed by atoms with Gasteiger partial charge in [0.15, 0.2) is 17.3 Å². The SMILES string of the molecule is CC(C)OC(C(=O)c1ccccc1)c1ccccc1.O=C1c2ccccc2C(=O)c2ccccc21. The van der Waals surface area contributed by atoms with Gasteiger partial charge in [0, 0.05) is 27.8 Å². The summed E-state index contributed by atoms with van der Waals surface area (Å²) in [6.07, 6.45) is -0.540. The number of carbonyl (C=O) groups excluding carboxylic acids is 3. The average Bonchev–Trinajstić information content (AvgIpc) is 2.91. The van der Waals surface area contributed by atoms with Crippen molar-refractivity contribution in [2.75, 3.05) is 0 Å². The lowest BCUT2D eigenvalue weighted by Gasteiger charge is -2.19. The van der Waals surface area contributed by atoms with Gasteiger partial charge in [0.25, 0.3) is 0 Å². The van der Waals surface area contributed by atoms with Crippen molar-refractivity contribution in [3.63, 3.8) is 0 Å². The van der Waals surface area contributed by atoms with Gasteiger partial charge < -0.3 is 4.74 Å². The zero-order chi connectivity index (χ0) is 24.8. The molecular formula is C31H26O4. The highest BCUT2D eigenvalue weighted by molar-refractivity contribution is 6.28. The minimum Gasteiger partial charge on any atom is -0.363 e. The van der Waals surface area contributed by atoms with Crippen LogP contribution in [0.2, 0.25) is 0 Å². The van der Waals surface area contributed by atoms with Gasteiger partial charge in [0.2, 0.25) is 0 Å². The van der Waals surface area contributed by atoms with E-state index < -0.39 is 6.10 Å². The highest BCUT2D eigenvalue weighted by Crippen LogP contribution is 2.26. The number of fused-ring (bicyclic) bond motifs is 2. The van der Waals surface area contributed by atoms with Gasteiger partial charge >= 0.3 is 0 Å². The molecule has 174 valence electrons. The van der Waals surface area contributed by atoms with E-state index in [4.69, 9.17) is 4.74 Å². The summed E-state index contributed by atoms with van der Waals surface area (Å²) in [4.78, 5) is 36.8. The fraction of sp³-hybridized carbons (Fsp3) is 0.129. The van der Waals surface area contributed by atoms with E-state index in [2.05, 4.69) is 0 Å². The largest absolute Gasteiger partial charge is 0.363 e. The molecule has 35 heavy (non-hydrogen) atoms. The van der Waals surface area contributed by atoms with E-state index in [-0.39, 0.29) is 23.5 Å². The third kappa shape index (κ3) is 5.34. The van der Waals surface area contributed by atoms with Crippen LogP contribution >= 0.6 is 0 Å². The van der Waals surface area contributed by atoms with Crippen LogP contribution in [0.3, 0.4) is 0 Å². The van der Waals surface area contributed by atoms with Crippen molar-refractivity contribution in [1.29, 1.82) is 0 Å². The van der Waals surface area contributed by atoms with E-state index in [1.165, 1.54) is 0 Å². The third-order valence-electron chi connectivity index (χ3n) is 5.64. The molecule has 1 aliphatic carbocycles. The minimum atomic E-state index is -0.538. The molecule has 0 amide bonds. The monoisotopic (exact) mass is 462 g/mol. The van der Waals surface area contributed by atoms with Gasteiger partial charge in [-0.25, -0.2) is 0 Å². The lowest BCUT2D eigenvalue weighted by molar-refractivity contribution is 0.0114. The van der Waals surface area contributed by atoms with E-state index in [1.807, 2.05) is 74.5 Å². The summed E-state index contributed by atoms with van der Waals surface area (Å²) in [6, 6.07) is 32.8. The molecule has 0 saturated carbocycles. The molecule has 1 atom stereocenters. The van der Waals surface area contributed by atoms with E-state index >= 15 is 0 Å². The second-order valence-electron chi connectivity index (χ2n) is 8.46. The Morgan fingerprint density at radius 3 is 1.34 bits per heavy atom. The van der Waals surface area contributed by atoms with Crippen molar-refractivity contribution < 1.29 is 19.1 Å². The lowest BCUT2D eigenvalue weighted by Crippen LogP contribution is -2.20. The zero-order valence-electron chi connectivity index (χ0n) is 19.7. The normalized spacial score (nSPS) is 12.8. The Kier molecular flexibility index (Phi) is 7.44. The number of hydrogen-bond acceptors (Lipinski definition) is 4. The molecular weight excluding hydrogens is 436 g/mol. The van der Waals surface area contributed by atoms with Crippen LogP contribution in [0.15, 0.2) is 109 Å². The fourth-order valence-electron chi connectivity index (χ4n) is 3.99. The molecule has 0 fully saturated rings. The molecule has 0 spiro atoms. The van der Waals surface area contributed by atoms with Gasteiger partial charge in [-0.15, -0.1) is 0 Å². The molecule has 4 aromatic rings. The predicted octanol–water partition coefficient (Wildman–Crippen LogP) is 6.50. The maximum atomic E-state index is 12.6. The Bertz CT molecular complexity index is 1240. The highest BCUT2D eigenvalue weighted by Gasteiger charge is 2.28. The number of carbonyl (C=O) groups is 3. The van der Waals surface area contributed by atoms with Crippen LogP contribution in [0.4, 0.5) is 0 Å². The summed E-state index contributed by atoms with van der Waals surface area (Å²) in [5.41, 5.74) is 3.59. The Balaban J connectivity index is 0.000000167. The van der Waals surface area contributed by atoms with Crippen molar-refractivity contribution in [3.8, 4) is 0 Å². The lowest BCUT2D eigenvalue weighted by atomic mass is 9.84. The van der Waals surface area contributed by atoms with Crippen LogP contribution in [-0.2, 0) is 4.74 Å². The Labute approximate surface area is 205 Å². The third-order valence-corrected chi connectivity index (χ3v) is 5.64. The first-order chi connectivity index (χ1) is 17.0. The fourth-order valence-corrected chi connectivity index (χ4v) is 3.99. The van der Waals surface area contributed by atoms with Gasteiger partial charge in [-0.2, -0.15) is 0 Å². The van der Waals surface area contributed by atoms with Crippen molar-refractivity contribution in [2.45, 2.75) is 26.1 Å². The van der Waals surface area contributed by atoms with Crippen LogP contribution in [-0.4, -0.2) is 23.5 Å². The van der Waals surface area contributed by atoms with Crippen molar-refractivity contribution in [1.82, 2.24) is 0 Å². The molecule has 0 saturated heterocycles. The number of ether oxygens (including phenoxy) is 1. The smallest absolute Gasteiger partial charge is 0.196 e. The molecule has 4 heteroatoms. The highest BCUT2D eigenvalue weighted by atomic mass is 16.5. The standard InChI is InChI=1S/C17H18O2.C14H8O2/c1-13(2)19-17(15-11-7-4-8-12-15)16(18)14-9-5-3-6-10-14;15-13-9-5-1-2-6-10(9)14(16)12-8-4-3-7-11(12)13/h3-13,17H,1-2H3;1-8H. The Morgan fingerprint density at radius 2 is 0.943 bits per heavy atom. The molecule has 0 radical (unpaired) electrons. The summed E-state index contributed by atoms with van der Waals surface area (Å²) < 4.78 is 5.80. The van der Waals surface area contributed by atoms with Crippen molar-refractivity contribution in [2.24, 2.45) is 0 Å². The molecule has 5 rings (SSSR count). The average molecular weight is 463 g/mol. The zero-order valence-corrected chi connectivity index (χ0v) is 19.7. The molecule has 0 aliphatic heterocycles. The van der Waals surface area contributed by atoms with Gasteiger partial charge in [0.1, 0.15) is 6.10 Å². The quantitative estimate of drug-likeness (QED) is 0.280. The van der Waals surface area contributed by atoms with Crippen LogP contribution < -0.4 is 0 Å². The Hall–Kier alpha value is -4.15. The second kappa shape index (κ2) is 10.9. The topological polar surface area (TPSA) is 60.4 Å². The Morgan fingerprint density at radius 1 is 0.571 bits per heavy atom. The van der Waals surface area contributed by atoms with E-state index in [0.717, 1.165) is 5.56 Å². The summed E-state index contributed by atoms with van der Waals surface area (Å²) in [5, 5.41) is 0. The number of ketones is 3. The number of Topliss-reactive ketones (excluding diaryl/α,β-unsaturated/α-hetero) is 1. The van der Waals surface area contributed by atoms with Gasteiger partial charge in [0.05, 0.1) is 6.10 Å². The first-order valence-electron chi connectivity index (χ1n) is 11.5. The molecule has 0 bridgehead atoms. The summed E-state index contributed by atoms with van der Waals surface area (Å²) in [6.45, 7) is 3.88. The molecule has 0 N–H and O–H groups in total. The number of rotatable bonds is 5. The summed E-state index contributed by atoms with van der Waals surface area (Å²) in [7, 11) is 0. The van der Waals surface area contributed by atoms with E-state index in [0.29, 0.717) is 27.8 Å². The van der Waals surface area contributed by atoms with Crippen molar-refractivity contribution in [3.05, 3.63) is 143 Å². The van der Waals surface area contributed by atoms with E-state index in [9.17, 15) is 14.4 Å². The molecule has 0 heterocycles. The first-order valence-corrected chi connectivity index (χ1v) is 11.5. The van der Waals surface area contributed by atoms with Crippen LogP contribution in [0.25, 0.3) is 0 Å². The molecule has 4 nitrogen and oxygen atoms in total.